The SMILES string of the molecule is CC(CNCC(O)COc1ccc(Cl)cc1)N1CCCC1. The fourth-order valence-electron chi connectivity index (χ4n) is 2.55. The zero-order chi connectivity index (χ0) is 15.1. The molecule has 1 heterocycles. The van der Waals surface area contributed by atoms with Gasteiger partial charge in [-0.1, -0.05) is 11.6 Å². The number of halogens is 1. The average Bonchev–Trinajstić information content (AvgIpc) is 3.01. The lowest BCUT2D eigenvalue weighted by Crippen LogP contribution is -2.41. The van der Waals surface area contributed by atoms with Crippen molar-refractivity contribution in [1.29, 1.82) is 0 Å². The van der Waals surface area contributed by atoms with Gasteiger partial charge >= 0.3 is 0 Å². The molecule has 5 heteroatoms. The molecule has 21 heavy (non-hydrogen) atoms. The molecule has 0 aliphatic carbocycles. The van der Waals surface area contributed by atoms with Crippen molar-refractivity contribution in [2.24, 2.45) is 0 Å². The van der Waals surface area contributed by atoms with Gasteiger partial charge in [-0.05, 0) is 57.1 Å². The van der Waals surface area contributed by atoms with Crippen LogP contribution in [0.2, 0.25) is 5.02 Å². The Labute approximate surface area is 132 Å². The van der Waals surface area contributed by atoms with Crippen LogP contribution in [0.3, 0.4) is 0 Å². The summed E-state index contributed by atoms with van der Waals surface area (Å²) in [5, 5.41) is 13.9. The quantitative estimate of drug-likeness (QED) is 0.772. The van der Waals surface area contributed by atoms with Crippen molar-refractivity contribution in [2.75, 3.05) is 32.8 Å². The molecule has 2 atom stereocenters. The highest BCUT2D eigenvalue weighted by Gasteiger charge is 2.17. The van der Waals surface area contributed by atoms with Gasteiger partial charge in [-0.3, -0.25) is 4.90 Å². The summed E-state index contributed by atoms with van der Waals surface area (Å²) in [4.78, 5) is 2.49. The third kappa shape index (κ3) is 5.83. The number of nitrogens with one attached hydrogen (secondary N) is 1. The summed E-state index contributed by atoms with van der Waals surface area (Å²) < 4.78 is 5.52. The Balaban J connectivity index is 1.58. The van der Waals surface area contributed by atoms with Crippen molar-refractivity contribution in [1.82, 2.24) is 10.2 Å². The maximum absolute atomic E-state index is 9.92. The summed E-state index contributed by atoms with van der Waals surface area (Å²) >= 11 is 5.81. The van der Waals surface area contributed by atoms with Crippen LogP contribution in [-0.2, 0) is 0 Å². The van der Waals surface area contributed by atoms with E-state index in [1.54, 1.807) is 24.3 Å². The fraction of sp³-hybridized carbons (Fsp3) is 0.625. The Hall–Kier alpha value is -0.810. The van der Waals surface area contributed by atoms with Gasteiger partial charge in [0.25, 0.3) is 0 Å². The number of hydrogen-bond donors (Lipinski definition) is 2. The molecular formula is C16H25ClN2O2. The number of rotatable bonds is 8. The average molecular weight is 313 g/mol. The van der Waals surface area contributed by atoms with Crippen molar-refractivity contribution >= 4 is 11.6 Å². The first-order chi connectivity index (χ1) is 10.1. The number of aliphatic hydroxyl groups excluding tert-OH is 1. The molecule has 0 radical (unpaired) electrons. The van der Waals surface area contributed by atoms with Gasteiger partial charge in [-0.15, -0.1) is 0 Å². The van der Waals surface area contributed by atoms with E-state index in [2.05, 4.69) is 17.1 Å². The van der Waals surface area contributed by atoms with Gasteiger partial charge in [-0.2, -0.15) is 0 Å². The van der Waals surface area contributed by atoms with Gasteiger partial charge in [-0.25, -0.2) is 0 Å². The lowest BCUT2D eigenvalue weighted by atomic mass is 10.3. The molecule has 1 aromatic carbocycles. The molecule has 1 aliphatic rings. The minimum absolute atomic E-state index is 0.284. The van der Waals surface area contributed by atoms with Crippen LogP contribution in [-0.4, -0.2) is 54.9 Å². The predicted octanol–water partition coefficient (Wildman–Crippen LogP) is 2.15. The van der Waals surface area contributed by atoms with Gasteiger partial charge < -0.3 is 15.2 Å². The molecule has 4 nitrogen and oxygen atoms in total. The van der Waals surface area contributed by atoms with E-state index in [0.29, 0.717) is 17.6 Å². The van der Waals surface area contributed by atoms with Gasteiger partial charge in [0, 0.05) is 24.2 Å². The first-order valence-electron chi connectivity index (χ1n) is 7.66. The highest BCUT2D eigenvalue weighted by molar-refractivity contribution is 6.30. The Morgan fingerprint density at radius 1 is 1.24 bits per heavy atom. The van der Waals surface area contributed by atoms with E-state index in [1.165, 1.54) is 25.9 Å². The molecule has 0 spiro atoms. The molecule has 1 aromatic rings. The van der Waals surface area contributed by atoms with E-state index in [-0.39, 0.29) is 6.61 Å². The third-order valence-electron chi connectivity index (χ3n) is 3.84. The van der Waals surface area contributed by atoms with Crippen molar-refractivity contribution in [3.63, 3.8) is 0 Å². The smallest absolute Gasteiger partial charge is 0.119 e. The largest absolute Gasteiger partial charge is 0.491 e. The number of aliphatic hydroxyl groups is 1. The molecule has 0 saturated carbocycles. The number of benzene rings is 1. The lowest BCUT2D eigenvalue weighted by Gasteiger charge is -2.24. The predicted molar refractivity (Wildman–Crippen MR) is 86.1 cm³/mol. The van der Waals surface area contributed by atoms with Crippen molar-refractivity contribution in [3.8, 4) is 5.75 Å². The Kier molecular flexibility index (Phi) is 6.77. The van der Waals surface area contributed by atoms with Gasteiger partial charge in [0.1, 0.15) is 18.5 Å². The standard InChI is InChI=1S/C16H25ClN2O2/c1-13(19-8-2-3-9-19)10-18-11-15(20)12-21-16-6-4-14(17)5-7-16/h4-7,13,15,18,20H,2-3,8-12H2,1H3. The van der Waals surface area contributed by atoms with E-state index >= 15 is 0 Å². The molecule has 0 amide bonds. The summed E-state index contributed by atoms with van der Waals surface area (Å²) in [6.45, 7) is 6.36. The van der Waals surface area contributed by atoms with E-state index in [1.807, 2.05) is 0 Å². The van der Waals surface area contributed by atoms with Crippen LogP contribution < -0.4 is 10.1 Å². The maximum Gasteiger partial charge on any atom is 0.119 e. The van der Waals surface area contributed by atoms with E-state index < -0.39 is 6.10 Å². The summed E-state index contributed by atoms with van der Waals surface area (Å²) in [7, 11) is 0. The number of ether oxygens (including phenoxy) is 1. The minimum atomic E-state index is -0.508. The van der Waals surface area contributed by atoms with Crippen molar-refractivity contribution < 1.29 is 9.84 Å². The van der Waals surface area contributed by atoms with Gasteiger partial charge in [0.2, 0.25) is 0 Å². The molecule has 1 aliphatic heterocycles. The highest BCUT2D eigenvalue weighted by Crippen LogP contribution is 2.15. The molecule has 118 valence electrons. The fourth-order valence-corrected chi connectivity index (χ4v) is 2.68. The molecule has 1 fully saturated rings. The maximum atomic E-state index is 9.92. The van der Waals surface area contributed by atoms with Crippen LogP contribution in [0.4, 0.5) is 0 Å². The van der Waals surface area contributed by atoms with E-state index in [4.69, 9.17) is 16.3 Å². The second-order valence-corrected chi connectivity index (χ2v) is 6.11. The number of hydrogen-bond acceptors (Lipinski definition) is 4. The first-order valence-corrected chi connectivity index (χ1v) is 8.04. The molecule has 0 aromatic heterocycles. The first kappa shape index (κ1) is 16.6. The molecule has 0 bridgehead atoms. The van der Waals surface area contributed by atoms with Gasteiger partial charge in [0.15, 0.2) is 0 Å². The summed E-state index contributed by atoms with van der Waals surface area (Å²) in [5.41, 5.74) is 0. The van der Waals surface area contributed by atoms with E-state index in [0.717, 1.165) is 12.3 Å². The monoisotopic (exact) mass is 312 g/mol. The third-order valence-corrected chi connectivity index (χ3v) is 4.09. The zero-order valence-corrected chi connectivity index (χ0v) is 13.4. The summed E-state index contributed by atoms with van der Waals surface area (Å²) in [5.74, 6) is 0.726. The summed E-state index contributed by atoms with van der Waals surface area (Å²) in [6, 6.07) is 7.69. The van der Waals surface area contributed by atoms with Crippen LogP contribution in [0.15, 0.2) is 24.3 Å². The molecule has 2 unspecified atom stereocenters. The highest BCUT2D eigenvalue weighted by atomic mass is 35.5. The zero-order valence-electron chi connectivity index (χ0n) is 12.6. The Morgan fingerprint density at radius 2 is 1.90 bits per heavy atom. The molecular weight excluding hydrogens is 288 g/mol. The lowest BCUT2D eigenvalue weighted by molar-refractivity contribution is 0.104. The van der Waals surface area contributed by atoms with Crippen LogP contribution in [0.1, 0.15) is 19.8 Å². The normalized spacial score (nSPS) is 18.6. The van der Waals surface area contributed by atoms with Crippen LogP contribution in [0, 0.1) is 0 Å². The number of likely N-dealkylation sites (tertiary alicyclic amines) is 1. The van der Waals surface area contributed by atoms with Crippen LogP contribution in [0.5, 0.6) is 5.75 Å². The molecule has 2 N–H and O–H groups in total. The second kappa shape index (κ2) is 8.59. The van der Waals surface area contributed by atoms with Crippen molar-refractivity contribution in [3.05, 3.63) is 29.3 Å². The molecule has 1 saturated heterocycles. The summed E-state index contributed by atoms with van der Waals surface area (Å²) in [6.07, 6.45) is 2.11. The Bertz CT molecular complexity index is 407. The topological polar surface area (TPSA) is 44.7 Å². The second-order valence-electron chi connectivity index (χ2n) is 5.67. The van der Waals surface area contributed by atoms with Crippen LogP contribution in [0.25, 0.3) is 0 Å². The number of nitrogens with zero attached hydrogens (tertiary/aromatic N) is 1. The van der Waals surface area contributed by atoms with Crippen LogP contribution >= 0.6 is 11.6 Å². The molecule has 2 rings (SSSR count). The van der Waals surface area contributed by atoms with E-state index in [9.17, 15) is 5.11 Å². The Morgan fingerprint density at radius 3 is 2.57 bits per heavy atom. The minimum Gasteiger partial charge on any atom is -0.491 e. The van der Waals surface area contributed by atoms with Gasteiger partial charge in [0.05, 0.1) is 0 Å². The van der Waals surface area contributed by atoms with Crippen molar-refractivity contribution in [2.45, 2.75) is 31.9 Å².